The van der Waals surface area contributed by atoms with Crippen molar-refractivity contribution in [1.82, 2.24) is 0 Å². The molecule has 1 aromatic rings. The lowest BCUT2D eigenvalue weighted by atomic mass is 10.2. The number of nitrogens with one attached hydrogen (secondary N) is 1. The molecule has 1 rings (SSSR count). The van der Waals surface area contributed by atoms with Gasteiger partial charge in [-0.3, -0.25) is 10.1 Å². The molecule has 0 bridgehead atoms. The van der Waals surface area contributed by atoms with Crippen LogP contribution in [0.4, 0.5) is 10.5 Å². The Morgan fingerprint density at radius 3 is 2.60 bits per heavy atom. The normalized spacial score (nSPS) is 10.8. The molecule has 0 fully saturated rings. The first kappa shape index (κ1) is 15.8. The van der Waals surface area contributed by atoms with Crippen molar-refractivity contribution in [2.24, 2.45) is 0 Å². The molecule has 0 saturated carbocycles. The molecule has 2 N–H and O–H groups in total. The van der Waals surface area contributed by atoms with E-state index in [0.29, 0.717) is 11.4 Å². The topological polar surface area (TPSA) is 84.9 Å². The van der Waals surface area contributed by atoms with Crippen molar-refractivity contribution in [2.45, 2.75) is 32.8 Å². The summed E-state index contributed by atoms with van der Waals surface area (Å²) in [6.07, 6.45) is -0.635. The van der Waals surface area contributed by atoms with Crippen LogP contribution in [-0.2, 0) is 9.53 Å². The highest BCUT2D eigenvalue weighted by Crippen LogP contribution is 2.18. The van der Waals surface area contributed by atoms with Crippen LogP contribution in [0.2, 0.25) is 0 Å². The van der Waals surface area contributed by atoms with E-state index in [2.05, 4.69) is 5.32 Å². The van der Waals surface area contributed by atoms with Crippen LogP contribution in [-0.4, -0.2) is 29.4 Å². The zero-order chi connectivity index (χ0) is 15.2. The highest BCUT2D eigenvalue weighted by Gasteiger charge is 2.16. The van der Waals surface area contributed by atoms with Crippen LogP contribution < -0.4 is 10.1 Å². The van der Waals surface area contributed by atoms with Crippen molar-refractivity contribution in [3.63, 3.8) is 0 Å². The molecule has 0 atom stereocenters. The molecule has 0 heterocycles. The summed E-state index contributed by atoms with van der Waals surface area (Å²) in [5.74, 6) is -0.437. The first-order valence-corrected chi connectivity index (χ1v) is 6.21. The molecule has 1 aromatic carbocycles. The molecule has 110 valence electrons. The van der Waals surface area contributed by atoms with Crippen molar-refractivity contribution in [3.8, 4) is 5.75 Å². The summed E-state index contributed by atoms with van der Waals surface area (Å²) >= 11 is 0. The molecule has 1 amide bonds. The van der Waals surface area contributed by atoms with Gasteiger partial charge in [0.2, 0.25) is 0 Å². The third-order valence-corrected chi connectivity index (χ3v) is 2.06. The van der Waals surface area contributed by atoms with E-state index in [-0.39, 0.29) is 13.0 Å². The highest BCUT2D eigenvalue weighted by molar-refractivity contribution is 5.85. The molecule has 0 unspecified atom stereocenters. The Hall–Kier alpha value is -2.24. The molecule has 0 saturated heterocycles. The van der Waals surface area contributed by atoms with Crippen LogP contribution in [0, 0.1) is 0 Å². The number of ether oxygens (including phenoxy) is 2. The predicted molar refractivity (Wildman–Crippen MR) is 74.0 cm³/mol. The Kier molecular flexibility index (Phi) is 5.37. The van der Waals surface area contributed by atoms with Gasteiger partial charge in [0, 0.05) is 11.8 Å². The van der Waals surface area contributed by atoms with E-state index in [0.717, 1.165) is 0 Å². The number of aliphatic carboxylic acids is 1. The number of carboxylic acids is 1. The molecule has 0 radical (unpaired) electrons. The van der Waals surface area contributed by atoms with E-state index in [9.17, 15) is 9.59 Å². The molecule has 0 aliphatic heterocycles. The zero-order valence-electron chi connectivity index (χ0n) is 11.8. The van der Waals surface area contributed by atoms with Crippen molar-refractivity contribution >= 4 is 17.7 Å². The maximum Gasteiger partial charge on any atom is 0.412 e. The summed E-state index contributed by atoms with van der Waals surface area (Å²) < 4.78 is 10.4. The minimum absolute atomic E-state index is 0.0746. The molecule has 0 aliphatic carbocycles. The van der Waals surface area contributed by atoms with Crippen LogP contribution in [0.1, 0.15) is 27.2 Å². The second-order valence-corrected chi connectivity index (χ2v) is 5.15. The van der Waals surface area contributed by atoms with Crippen LogP contribution in [0.25, 0.3) is 0 Å². The van der Waals surface area contributed by atoms with Crippen LogP contribution in [0.15, 0.2) is 24.3 Å². The molecule has 0 aromatic heterocycles. The minimum atomic E-state index is -0.923. The number of benzene rings is 1. The predicted octanol–water partition coefficient (Wildman–Crippen LogP) is 2.89. The van der Waals surface area contributed by atoms with Gasteiger partial charge in [0.25, 0.3) is 0 Å². The van der Waals surface area contributed by atoms with Gasteiger partial charge in [-0.05, 0) is 32.9 Å². The molecular weight excluding hydrogens is 262 g/mol. The lowest BCUT2D eigenvalue weighted by Crippen LogP contribution is -2.27. The van der Waals surface area contributed by atoms with Gasteiger partial charge in [-0.1, -0.05) is 6.07 Å². The van der Waals surface area contributed by atoms with E-state index >= 15 is 0 Å². The number of hydrogen-bond acceptors (Lipinski definition) is 4. The Morgan fingerprint density at radius 2 is 2.00 bits per heavy atom. The second-order valence-electron chi connectivity index (χ2n) is 5.15. The summed E-state index contributed by atoms with van der Waals surface area (Å²) in [5.41, 5.74) is -0.0493. The standard InChI is InChI=1S/C14H19NO5/c1-14(2,3)20-13(18)15-10-5-4-6-11(9-10)19-8-7-12(16)17/h4-6,9H,7-8H2,1-3H3,(H,15,18)(H,16,17). The minimum Gasteiger partial charge on any atom is -0.493 e. The Balaban J connectivity index is 2.55. The van der Waals surface area contributed by atoms with Crippen molar-refractivity contribution < 1.29 is 24.2 Å². The van der Waals surface area contributed by atoms with Gasteiger partial charge >= 0.3 is 12.1 Å². The maximum absolute atomic E-state index is 11.6. The largest absolute Gasteiger partial charge is 0.493 e. The van der Waals surface area contributed by atoms with Crippen molar-refractivity contribution in [3.05, 3.63) is 24.3 Å². The summed E-state index contributed by atoms with van der Waals surface area (Å²) in [6, 6.07) is 6.67. The number of rotatable bonds is 5. The average Bonchev–Trinajstić information content (AvgIpc) is 2.26. The van der Waals surface area contributed by atoms with E-state index in [4.69, 9.17) is 14.6 Å². The Morgan fingerprint density at radius 1 is 1.30 bits per heavy atom. The lowest BCUT2D eigenvalue weighted by Gasteiger charge is -2.19. The van der Waals surface area contributed by atoms with Gasteiger partial charge in [-0.2, -0.15) is 0 Å². The first-order valence-electron chi connectivity index (χ1n) is 6.21. The maximum atomic E-state index is 11.6. The third-order valence-electron chi connectivity index (χ3n) is 2.06. The summed E-state index contributed by atoms with van der Waals surface area (Å²) in [7, 11) is 0. The number of anilines is 1. The van der Waals surface area contributed by atoms with Gasteiger partial charge in [-0.25, -0.2) is 4.79 Å². The summed E-state index contributed by atoms with van der Waals surface area (Å²) in [5, 5.41) is 11.1. The van der Waals surface area contributed by atoms with Crippen LogP contribution >= 0.6 is 0 Å². The monoisotopic (exact) mass is 281 g/mol. The van der Waals surface area contributed by atoms with Crippen LogP contribution in [0.5, 0.6) is 5.75 Å². The summed E-state index contributed by atoms with van der Waals surface area (Å²) in [4.78, 5) is 22.0. The summed E-state index contributed by atoms with van der Waals surface area (Å²) in [6.45, 7) is 5.40. The third kappa shape index (κ3) is 6.63. The van der Waals surface area contributed by atoms with Gasteiger partial charge in [0.05, 0.1) is 13.0 Å². The number of carboxylic acid groups (broad SMARTS) is 1. The fraction of sp³-hybridized carbons (Fsp3) is 0.429. The van der Waals surface area contributed by atoms with E-state index in [1.807, 2.05) is 0 Å². The SMILES string of the molecule is CC(C)(C)OC(=O)Nc1cccc(OCCC(=O)O)c1. The quantitative estimate of drug-likeness (QED) is 0.866. The van der Waals surface area contributed by atoms with Gasteiger partial charge < -0.3 is 14.6 Å². The van der Waals surface area contributed by atoms with Gasteiger partial charge in [0.1, 0.15) is 11.4 Å². The second kappa shape index (κ2) is 6.79. The number of carbonyl (C=O) groups excluding carboxylic acids is 1. The number of amides is 1. The fourth-order valence-electron chi connectivity index (χ4n) is 1.34. The molecular formula is C14H19NO5. The Bertz CT molecular complexity index is 479. The molecule has 0 spiro atoms. The number of hydrogen-bond donors (Lipinski definition) is 2. The van der Waals surface area contributed by atoms with E-state index in [1.165, 1.54) is 0 Å². The van der Waals surface area contributed by atoms with Crippen LogP contribution in [0.3, 0.4) is 0 Å². The molecule has 0 aliphatic rings. The highest BCUT2D eigenvalue weighted by atomic mass is 16.6. The first-order chi connectivity index (χ1) is 9.26. The van der Waals surface area contributed by atoms with E-state index < -0.39 is 17.7 Å². The van der Waals surface area contributed by atoms with E-state index in [1.54, 1.807) is 45.0 Å². The number of carbonyl (C=O) groups is 2. The zero-order valence-corrected chi connectivity index (χ0v) is 11.8. The fourth-order valence-corrected chi connectivity index (χ4v) is 1.34. The average molecular weight is 281 g/mol. The Labute approximate surface area is 117 Å². The smallest absolute Gasteiger partial charge is 0.412 e. The molecule has 20 heavy (non-hydrogen) atoms. The molecule has 6 nitrogen and oxygen atoms in total. The van der Waals surface area contributed by atoms with Gasteiger partial charge in [-0.15, -0.1) is 0 Å². The lowest BCUT2D eigenvalue weighted by molar-refractivity contribution is -0.137. The van der Waals surface area contributed by atoms with Crippen molar-refractivity contribution in [1.29, 1.82) is 0 Å². The van der Waals surface area contributed by atoms with Crippen molar-refractivity contribution in [2.75, 3.05) is 11.9 Å². The molecule has 6 heteroatoms. The van der Waals surface area contributed by atoms with Gasteiger partial charge in [0.15, 0.2) is 0 Å².